The molecule has 150 valence electrons. The van der Waals surface area contributed by atoms with Crippen LogP contribution < -0.4 is 10.1 Å². The number of aryl methyl sites for hydroxylation is 1. The van der Waals surface area contributed by atoms with Crippen molar-refractivity contribution in [3.63, 3.8) is 0 Å². The second-order valence-electron chi connectivity index (χ2n) is 7.07. The van der Waals surface area contributed by atoms with Crippen LogP contribution in [0.5, 0.6) is 5.75 Å². The largest absolute Gasteiger partial charge is 0.497 e. The fourth-order valence-corrected chi connectivity index (χ4v) is 4.30. The van der Waals surface area contributed by atoms with E-state index in [9.17, 15) is 9.59 Å². The molecule has 1 fully saturated rings. The molecule has 1 aliphatic rings. The molecular formula is C21H27N3O3S. The van der Waals surface area contributed by atoms with Crippen molar-refractivity contribution < 1.29 is 14.3 Å². The summed E-state index contributed by atoms with van der Waals surface area (Å²) in [6, 6.07) is 7.72. The number of aromatic nitrogens is 1. The van der Waals surface area contributed by atoms with Gasteiger partial charge >= 0.3 is 0 Å². The van der Waals surface area contributed by atoms with Gasteiger partial charge in [-0.15, -0.1) is 11.3 Å². The van der Waals surface area contributed by atoms with Gasteiger partial charge in [0.25, 0.3) is 0 Å². The molecule has 1 aromatic carbocycles. The van der Waals surface area contributed by atoms with Crippen LogP contribution in [0.15, 0.2) is 24.3 Å². The van der Waals surface area contributed by atoms with Crippen molar-refractivity contribution in [1.82, 2.24) is 9.88 Å². The van der Waals surface area contributed by atoms with Gasteiger partial charge in [0.1, 0.15) is 5.75 Å². The number of carbonyl (C=O) groups is 2. The number of likely N-dealkylation sites (tertiary alicyclic amines) is 1. The van der Waals surface area contributed by atoms with Crippen molar-refractivity contribution in [2.24, 2.45) is 5.92 Å². The minimum Gasteiger partial charge on any atom is -0.497 e. The van der Waals surface area contributed by atoms with Gasteiger partial charge in [-0.2, -0.15) is 0 Å². The number of rotatable bonds is 6. The molecule has 2 heterocycles. The van der Waals surface area contributed by atoms with Gasteiger partial charge in [0.15, 0.2) is 5.13 Å². The molecule has 0 radical (unpaired) electrons. The first-order chi connectivity index (χ1) is 13.5. The number of hydrogen-bond donors (Lipinski definition) is 1. The molecule has 1 aromatic heterocycles. The van der Waals surface area contributed by atoms with Crippen molar-refractivity contribution in [2.75, 3.05) is 25.5 Å². The molecule has 0 saturated carbocycles. The van der Waals surface area contributed by atoms with Crippen molar-refractivity contribution in [3.05, 3.63) is 29.1 Å². The number of benzene rings is 1. The number of carbonyl (C=O) groups excluding carboxylic acids is 2. The fourth-order valence-electron chi connectivity index (χ4n) is 3.46. The van der Waals surface area contributed by atoms with Crippen LogP contribution in [0.1, 0.15) is 37.5 Å². The molecule has 3 rings (SSSR count). The molecule has 0 aliphatic carbocycles. The summed E-state index contributed by atoms with van der Waals surface area (Å²) < 4.78 is 5.20. The smallest absolute Gasteiger partial charge is 0.231 e. The standard InChI is InChI=1S/C21H27N3O3S/c1-4-6-18(25)24-12-5-7-16(13-24)20(26)23-21-22-19(14(2)28-21)15-8-10-17(27-3)11-9-15/h8-11,16H,4-7,12-13H2,1-3H3,(H,22,23,26). The maximum absolute atomic E-state index is 12.7. The first kappa shape index (κ1) is 20.3. The highest BCUT2D eigenvalue weighted by Crippen LogP contribution is 2.32. The molecule has 1 atom stereocenters. The van der Waals surface area contributed by atoms with Gasteiger partial charge in [-0.25, -0.2) is 4.98 Å². The molecule has 6 nitrogen and oxygen atoms in total. The average molecular weight is 402 g/mol. The van der Waals surface area contributed by atoms with Gasteiger partial charge in [0, 0.05) is 30.0 Å². The molecule has 1 N–H and O–H groups in total. The van der Waals surface area contributed by atoms with Crippen LogP contribution in [0.2, 0.25) is 0 Å². The van der Waals surface area contributed by atoms with E-state index in [4.69, 9.17) is 4.74 Å². The Bertz CT molecular complexity index is 832. The van der Waals surface area contributed by atoms with E-state index in [0.29, 0.717) is 18.1 Å². The van der Waals surface area contributed by atoms with E-state index in [2.05, 4.69) is 10.3 Å². The summed E-state index contributed by atoms with van der Waals surface area (Å²) in [7, 11) is 1.64. The van der Waals surface area contributed by atoms with E-state index in [1.807, 2.05) is 43.0 Å². The summed E-state index contributed by atoms with van der Waals surface area (Å²) in [5.41, 5.74) is 1.86. The number of ether oxygens (including phenoxy) is 1. The number of nitrogens with zero attached hydrogens (tertiary/aromatic N) is 2. The Morgan fingerprint density at radius 2 is 2.07 bits per heavy atom. The van der Waals surface area contributed by atoms with Crippen LogP contribution in [-0.2, 0) is 9.59 Å². The second kappa shape index (κ2) is 9.19. The van der Waals surface area contributed by atoms with Crippen LogP contribution in [0.25, 0.3) is 11.3 Å². The summed E-state index contributed by atoms with van der Waals surface area (Å²) in [6.45, 7) is 5.25. The van der Waals surface area contributed by atoms with E-state index in [0.717, 1.165) is 47.7 Å². The summed E-state index contributed by atoms with van der Waals surface area (Å²) in [4.78, 5) is 32.4. The number of methoxy groups -OCH3 is 1. The summed E-state index contributed by atoms with van der Waals surface area (Å²) in [5, 5.41) is 3.56. The Kier molecular flexibility index (Phi) is 6.67. The zero-order valence-corrected chi connectivity index (χ0v) is 17.5. The third kappa shape index (κ3) is 4.70. The lowest BCUT2D eigenvalue weighted by Crippen LogP contribution is -2.43. The predicted octanol–water partition coefficient (Wildman–Crippen LogP) is 4.10. The van der Waals surface area contributed by atoms with Crippen LogP contribution in [-0.4, -0.2) is 41.9 Å². The fraction of sp³-hybridized carbons (Fsp3) is 0.476. The third-order valence-electron chi connectivity index (χ3n) is 5.00. The Morgan fingerprint density at radius 3 is 2.75 bits per heavy atom. The van der Waals surface area contributed by atoms with E-state index in [-0.39, 0.29) is 17.7 Å². The SMILES string of the molecule is CCCC(=O)N1CCCC(C(=O)Nc2nc(-c3ccc(OC)cc3)c(C)s2)C1. The monoisotopic (exact) mass is 401 g/mol. The second-order valence-corrected chi connectivity index (χ2v) is 8.27. The van der Waals surface area contributed by atoms with E-state index < -0.39 is 0 Å². The number of amides is 2. The maximum atomic E-state index is 12.7. The van der Waals surface area contributed by atoms with Crippen LogP contribution in [0.3, 0.4) is 0 Å². The topological polar surface area (TPSA) is 71.5 Å². The Balaban J connectivity index is 1.66. The molecule has 0 bridgehead atoms. The van der Waals surface area contributed by atoms with Crippen molar-refractivity contribution in [1.29, 1.82) is 0 Å². The number of anilines is 1. The van der Waals surface area contributed by atoms with Crippen molar-refractivity contribution in [3.8, 4) is 17.0 Å². The first-order valence-corrected chi connectivity index (χ1v) is 10.5. The summed E-state index contributed by atoms with van der Waals surface area (Å²) in [5.74, 6) is 0.712. The van der Waals surface area contributed by atoms with Gasteiger partial charge in [-0.1, -0.05) is 6.92 Å². The quantitative estimate of drug-likeness (QED) is 0.791. The lowest BCUT2D eigenvalue weighted by Gasteiger charge is -2.31. The van der Waals surface area contributed by atoms with Gasteiger partial charge in [0.2, 0.25) is 11.8 Å². The van der Waals surface area contributed by atoms with E-state index in [1.165, 1.54) is 11.3 Å². The van der Waals surface area contributed by atoms with Gasteiger partial charge in [-0.3, -0.25) is 9.59 Å². The van der Waals surface area contributed by atoms with E-state index >= 15 is 0 Å². The molecule has 0 spiro atoms. The summed E-state index contributed by atoms with van der Waals surface area (Å²) in [6.07, 6.45) is 3.04. The highest BCUT2D eigenvalue weighted by Gasteiger charge is 2.28. The molecule has 28 heavy (non-hydrogen) atoms. The van der Waals surface area contributed by atoms with Crippen LogP contribution in [0.4, 0.5) is 5.13 Å². The lowest BCUT2D eigenvalue weighted by molar-refractivity contribution is -0.134. The number of nitrogens with one attached hydrogen (secondary N) is 1. The normalized spacial score (nSPS) is 16.7. The molecule has 7 heteroatoms. The van der Waals surface area contributed by atoms with Crippen LogP contribution in [0, 0.1) is 12.8 Å². The molecule has 1 aliphatic heterocycles. The maximum Gasteiger partial charge on any atom is 0.231 e. The molecule has 2 aromatic rings. The molecule has 2 amide bonds. The van der Waals surface area contributed by atoms with Gasteiger partial charge in [-0.05, 0) is 50.5 Å². The zero-order chi connectivity index (χ0) is 20.1. The predicted molar refractivity (Wildman–Crippen MR) is 112 cm³/mol. The number of hydrogen-bond acceptors (Lipinski definition) is 5. The molecule has 1 unspecified atom stereocenters. The van der Waals surface area contributed by atoms with Gasteiger partial charge in [0.05, 0.1) is 18.7 Å². The Morgan fingerprint density at radius 1 is 1.32 bits per heavy atom. The van der Waals surface area contributed by atoms with Gasteiger partial charge < -0.3 is 15.0 Å². The van der Waals surface area contributed by atoms with Crippen LogP contribution >= 0.6 is 11.3 Å². The molecular weight excluding hydrogens is 374 g/mol. The first-order valence-electron chi connectivity index (χ1n) is 9.72. The third-order valence-corrected chi connectivity index (χ3v) is 5.89. The number of thiazole rings is 1. The average Bonchev–Trinajstić information content (AvgIpc) is 3.08. The minimum absolute atomic E-state index is 0.0518. The molecule has 1 saturated heterocycles. The highest BCUT2D eigenvalue weighted by atomic mass is 32.1. The van der Waals surface area contributed by atoms with Crippen molar-refractivity contribution >= 4 is 28.3 Å². The minimum atomic E-state index is -0.178. The van der Waals surface area contributed by atoms with E-state index in [1.54, 1.807) is 7.11 Å². The van der Waals surface area contributed by atoms with Crippen molar-refractivity contribution in [2.45, 2.75) is 39.5 Å². The Hall–Kier alpha value is -2.41. The zero-order valence-electron chi connectivity index (χ0n) is 16.7. The summed E-state index contributed by atoms with van der Waals surface area (Å²) >= 11 is 1.47. The lowest BCUT2D eigenvalue weighted by atomic mass is 9.97. The highest BCUT2D eigenvalue weighted by molar-refractivity contribution is 7.16. The number of piperidine rings is 1. The Labute approximate surface area is 169 Å².